The Balaban J connectivity index is 0.00000133. The fourth-order valence-corrected chi connectivity index (χ4v) is 2.60. The van der Waals surface area contributed by atoms with Gasteiger partial charge in [-0.05, 0) is 35.6 Å². The van der Waals surface area contributed by atoms with E-state index in [9.17, 15) is 0 Å². The molecular formula is C16H13ClOTi. The molecule has 0 fully saturated rings. The summed E-state index contributed by atoms with van der Waals surface area (Å²) in [5.41, 5.74) is 4.91. The third kappa shape index (κ3) is 2.79. The average Bonchev–Trinajstić information content (AvgIpc) is 3.10. The Labute approximate surface area is 133 Å². The minimum absolute atomic E-state index is 0. The van der Waals surface area contributed by atoms with Crippen molar-refractivity contribution in [3.63, 3.8) is 0 Å². The normalized spacial score (nSPS) is 16.1. The van der Waals surface area contributed by atoms with Crippen molar-refractivity contribution < 1.29 is 26.0 Å². The van der Waals surface area contributed by atoms with Gasteiger partial charge >= 0.3 is 0 Å². The Morgan fingerprint density at radius 1 is 0.947 bits per heavy atom. The maximum atomic E-state index is 5.61. The van der Waals surface area contributed by atoms with Gasteiger partial charge in [0.05, 0.1) is 0 Å². The quantitative estimate of drug-likeness (QED) is 0.721. The number of benzene rings is 1. The van der Waals surface area contributed by atoms with Crippen LogP contribution in [0.15, 0.2) is 54.7 Å². The Morgan fingerprint density at radius 3 is 2.21 bits per heavy atom. The molecular weight excluding hydrogens is 291 g/mol. The van der Waals surface area contributed by atoms with E-state index in [1.165, 1.54) is 16.7 Å². The van der Waals surface area contributed by atoms with Crippen LogP contribution in [-0.4, -0.2) is 0 Å². The molecule has 0 aliphatic heterocycles. The monoisotopic (exact) mass is 304 g/mol. The second kappa shape index (κ2) is 6.43. The van der Waals surface area contributed by atoms with Crippen LogP contribution < -0.4 is 4.29 Å². The molecule has 0 unspecified atom stereocenters. The second-order valence-corrected chi connectivity index (χ2v) is 4.56. The van der Waals surface area contributed by atoms with Crippen molar-refractivity contribution in [1.82, 2.24) is 0 Å². The molecule has 1 aromatic carbocycles. The van der Waals surface area contributed by atoms with Crippen molar-refractivity contribution in [2.24, 2.45) is 0 Å². The van der Waals surface area contributed by atoms with Crippen LogP contribution >= 0.6 is 11.9 Å². The summed E-state index contributed by atoms with van der Waals surface area (Å²) in [6.07, 6.45) is 14.7. The SMILES string of the molecule is ClOc1cccc(C2=CC=CC2)c1C1=CC=CC1.[Ti]. The molecule has 0 amide bonds. The fourth-order valence-electron chi connectivity index (χ4n) is 2.47. The minimum Gasteiger partial charge on any atom is -0.385 e. The van der Waals surface area contributed by atoms with Gasteiger partial charge in [-0.15, -0.1) is 0 Å². The van der Waals surface area contributed by atoms with Crippen molar-refractivity contribution in [3.8, 4) is 5.75 Å². The predicted octanol–water partition coefficient (Wildman–Crippen LogP) is 4.90. The molecule has 1 nitrogen and oxygen atoms in total. The largest absolute Gasteiger partial charge is 0.385 e. The summed E-state index contributed by atoms with van der Waals surface area (Å²) in [6, 6.07) is 6.03. The second-order valence-electron chi connectivity index (χ2n) is 4.40. The Kier molecular flexibility index (Phi) is 4.87. The van der Waals surface area contributed by atoms with Crippen LogP contribution in [0.25, 0.3) is 11.1 Å². The van der Waals surface area contributed by atoms with Crippen LogP contribution in [0.5, 0.6) is 5.75 Å². The molecule has 3 rings (SSSR count). The van der Waals surface area contributed by atoms with Gasteiger partial charge in [0.15, 0.2) is 5.75 Å². The summed E-state index contributed by atoms with van der Waals surface area (Å²) in [5.74, 6) is 0.733. The van der Waals surface area contributed by atoms with Gasteiger partial charge in [0.2, 0.25) is 0 Å². The fraction of sp³-hybridized carbons (Fsp3) is 0.125. The van der Waals surface area contributed by atoms with Crippen molar-refractivity contribution >= 4 is 23.0 Å². The molecule has 0 bridgehead atoms. The molecule has 94 valence electrons. The molecule has 0 spiro atoms. The summed E-state index contributed by atoms with van der Waals surface area (Å²) < 4.78 is 5.01. The molecule has 19 heavy (non-hydrogen) atoms. The first-order valence-electron chi connectivity index (χ1n) is 6.04. The first-order chi connectivity index (χ1) is 8.90. The molecule has 1 aromatic rings. The third-order valence-corrected chi connectivity index (χ3v) is 3.49. The summed E-state index contributed by atoms with van der Waals surface area (Å²) in [4.78, 5) is 0. The Bertz CT molecular complexity index is 597. The molecule has 0 N–H and O–H groups in total. The summed E-state index contributed by atoms with van der Waals surface area (Å²) in [6.45, 7) is 0. The van der Waals surface area contributed by atoms with Crippen molar-refractivity contribution in [1.29, 1.82) is 0 Å². The van der Waals surface area contributed by atoms with E-state index in [-0.39, 0.29) is 21.7 Å². The van der Waals surface area contributed by atoms with Crippen LogP contribution in [0.1, 0.15) is 24.0 Å². The molecule has 0 heterocycles. The number of halogens is 1. The Morgan fingerprint density at radius 2 is 1.63 bits per heavy atom. The van der Waals surface area contributed by atoms with Gasteiger partial charge < -0.3 is 4.29 Å². The van der Waals surface area contributed by atoms with Crippen LogP contribution in [0.2, 0.25) is 0 Å². The molecule has 0 radical (unpaired) electrons. The minimum atomic E-state index is 0. The molecule has 2 aliphatic carbocycles. The van der Waals surface area contributed by atoms with Crippen LogP contribution in [0, 0.1) is 0 Å². The van der Waals surface area contributed by atoms with Crippen LogP contribution in [0.4, 0.5) is 0 Å². The summed E-state index contributed by atoms with van der Waals surface area (Å²) in [7, 11) is 0. The molecule has 2 aliphatic rings. The van der Waals surface area contributed by atoms with Gasteiger partial charge in [-0.25, -0.2) is 0 Å². The van der Waals surface area contributed by atoms with E-state index in [1.54, 1.807) is 0 Å². The average molecular weight is 305 g/mol. The van der Waals surface area contributed by atoms with Gasteiger partial charge in [0.1, 0.15) is 11.9 Å². The van der Waals surface area contributed by atoms with Gasteiger partial charge in [-0.3, -0.25) is 0 Å². The van der Waals surface area contributed by atoms with Crippen molar-refractivity contribution in [3.05, 3.63) is 65.8 Å². The molecule has 0 aromatic heterocycles. The third-order valence-electron chi connectivity index (χ3n) is 3.32. The molecule has 0 atom stereocenters. The van der Waals surface area contributed by atoms with Gasteiger partial charge in [0, 0.05) is 27.3 Å². The number of hydrogen-bond acceptors (Lipinski definition) is 1. The zero-order valence-corrected chi connectivity index (χ0v) is 12.7. The number of hydrogen-bond donors (Lipinski definition) is 0. The van der Waals surface area contributed by atoms with Gasteiger partial charge in [-0.1, -0.05) is 48.6 Å². The first-order valence-corrected chi connectivity index (χ1v) is 6.35. The summed E-state index contributed by atoms with van der Waals surface area (Å²) >= 11 is 5.61. The smallest absolute Gasteiger partial charge is 0.154 e. The number of allylic oxidation sites excluding steroid dienone is 8. The number of rotatable bonds is 3. The van der Waals surface area contributed by atoms with Gasteiger partial charge in [0.25, 0.3) is 0 Å². The van der Waals surface area contributed by atoms with E-state index in [2.05, 4.69) is 42.5 Å². The molecule has 0 saturated heterocycles. The first kappa shape index (κ1) is 14.4. The topological polar surface area (TPSA) is 9.23 Å². The molecule has 0 saturated carbocycles. The van der Waals surface area contributed by atoms with E-state index >= 15 is 0 Å². The predicted molar refractivity (Wildman–Crippen MR) is 76.4 cm³/mol. The maximum Gasteiger partial charge on any atom is 0.154 e. The Hall–Kier alpha value is -1.02. The standard InChI is InChI=1S/C16H13ClO.Ti/c17-18-15-11-5-10-14(12-6-1-2-7-12)16(15)13-8-3-4-9-13;/h1-6,8,10-11H,7,9H2;. The van der Waals surface area contributed by atoms with E-state index in [1.807, 2.05) is 12.1 Å². The zero-order valence-electron chi connectivity index (χ0n) is 10.4. The molecule has 3 heteroatoms. The van der Waals surface area contributed by atoms with Crippen molar-refractivity contribution in [2.75, 3.05) is 0 Å². The van der Waals surface area contributed by atoms with Crippen molar-refractivity contribution in [2.45, 2.75) is 12.8 Å². The van der Waals surface area contributed by atoms with E-state index in [4.69, 9.17) is 16.2 Å². The zero-order chi connectivity index (χ0) is 12.4. The van der Waals surface area contributed by atoms with E-state index in [0.717, 1.165) is 24.2 Å². The van der Waals surface area contributed by atoms with Crippen LogP contribution in [0.3, 0.4) is 0 Å². The summed E-state index contributed by atoms with van der Waals surface area (Å²) in [5, 5.41) is 0. The van der Waals surface area contributed by atoms with E-state index < -0.39 is 0 Å². The van der Waals surface area contributed by atoms with E-state index in [0.29, 0.717) is 0 Å². The van der Waals surface area contributed by atoms with Crippen LogP contribution in [-0.2, 0) is 21.7 Å². The van der Waals surface area contributed by atoms with Gasteiger partial charge in [-0.2, -0.15) is 0 Å². The maximum absolute atomic E-state index is 5.61.